The van der Waals surface area contributed by atoms with Crippen molar-refractivity contribution in [1.82, 2.24) is 9.47 Å². The molecule has 0 aliphatic carbocycles. The molecule has 1 aliphatic heterocycles. The van der Waals surface area contributed by atoms with Gasteiger partial charge in [-0.25, -0.2) is 0 Å². The van der Waals surface area contributed by atoms with Crippen molar-refractivity contribution in [3.63, 3.8) is 0 Å². The van der Waals surface area contributed by atoms with Crippen LogP contribution in [0.15, 0.2) is 30.3 Å². The smallest absolute Gasteiger partial charge is 0.307 e. The summed E-state index contributed by atoms with van der Waals surface area (Å²) in [6.45, 7) is 13.7. The van der Waals surface area contributed by atoms with E-state index in [1.54, 1.807) is 6.92 Å². The summed E-state index contributed by atoms with van der Waals surface area (Å²) < 4.78 is 13.7. The molecule has 1 saturated heterocycles. The summed E-state index contributed by atoms with van der Waals surface area (Å²) in [5.41, 5.74) is 1.64. The lowest BCUT2D eigenvalue weighted by atomic mass is 10.1. The van der Waals surface area contributed by atoms with Crippen LogP contribution < -0.4 is 0 Å². The molecule has 0 spiro atoms. The van der Waals surface area contributed by atoms with Crippen LogP contribution in [0.25, 0.3) is 10.9 Å². The number of aromatic nitrogens is 1. The third-order valence-electron chi connectivity index (χ3n) is 6.78. The van der Waals surface area contributed by atoms with Gasteiger partial charge in [-0.3, -0.25) is 9.59 Å². The van der Waals surface area contributed by atoms with Crippen molar-refractivity contribution in [2.75, 3.05) is 13.2 Å². The van der Waals surface area contributed by atoms with Crippen LogP contribution in [0, 0.1) is 0 Å². The number of esters is 1. The predicted octanol–water partition coefficient (Wildman–Crippen LogP) is 4.74. The van der Waals surface area contributed by atoms with Crippen LogP contribution in [-0.2, 0) is 21.0 Å². The SMILES string of the molecule is CCOC(=O)CC1CC(O[Si](C)(C)C(C)(C)C)CN1C(=O)c1cc2ccccc2n1C. The van der Waals surface area contributed by atoms with Gasteiger partial charge < -0.3 is 18.6 Å². The van der Waals surface area contributed by atoms with Gasteiger partial charge in [-0.15, -0.1) is 0 Å². The van der Waals surface area contributed by atoms with E-state index in [1.165, 1.54) is 0 Å². The zero-order valence-electron chi connectivity index (χ0n) is 19.9. The monoisotopic (exact) mass is 444 g/mol. The third-order valence-corrected chi connectivity index (χ3v) is 11.3. The molecule has 0 saturated carbocycles. The molecule has 31 heavy (non-hydrogen) atoms. The first-order chi connectivity index (χ1) is 14.4. The number of aryl methyl sites for hydroxylation is 1. The normalized spacial score (nSPS) is 19.8. The maximum absolute atomic E-state index is 13.6. The number of hydrogen-bond donors (Lipinski definition) is 0. The Morgan fingerprint density at radius 3 is 2.48 bits per heavy atom. The number of para-hydroxylation sites is 1. The molecule has 2 heterocycles. The van der Waals surface area contributed by atoms with Crippen LogP contribution in [0.5, 0.6) is 0 Å². The molecule has 0 N–H and O–H groups in total. The van der Waals surface area contributed by atoms with Crippen molar-refractivity contribution >= 4 is 31.1 Å². The lowest BCUT2D eigenvalue weighted by molar-refractivity contribution is -0.144. The van der Waals surface area contributed by atoms with Crippen molar-refractivity contribution in [3.05, 3.63) is 36.0 Å². The second kappa shape index (κ2) is 8.79. The lowest BCUT2D eigenvalue weighted by Gasteiger charge is -2.38. The van der Waals surface area contributed by atoms with Crippen molar-refractivity contribution < 1.29 is 18.8 Å². The van der Waals surface area contributed by atoms with Crippen molar-refractivity contribution in [2.24, 2.45) is 7.05 Å². The van der Waals surface area contributed by atoms with Gasteiger partial charge in [0.15, 0.2) is 8.32 Å². The predicted molar refractivity (Wildman–Crippen MR) is 126 cm³/mol. The molecule has 0 radical (unpaired) electrons. The standard InChI is InChI=1S/C24H36N2O4Si/c1-8-29-22(27)15-18-14-19(30-31(6,7)24(2,3)4)16-26(18)23(28)21-13-17-11-9-10-12-20(17)25(21)5/h9-13,18-19H,8,14-16H2,1-7H3. The van der Waals surface area contributed by atoms with Gasteiger partial charge in [0.1, 0.15) is 5.69 Å². The van der Waals surface area contributed by atoms with E-state index in [-0.39, 0.29) is 35.5 Å². The third kappa shape index (κ3) is 4.88. The minimum atomic E-state index is -1.99. The van der Waals surface area contributed by atoms with Crippen LogP contribution >= 0.6 is 0 Å². The topological polar surface area (TPSA) is 60.8 Å². The average Bonchev–Trinajstić information content (AvgIpc) is 3.21. The Morgan fingerprint density at radius 1 is 1.19 bits per heavy atom. The van der Waals surface area contributed by atoms with Gasteiger partial charge >= 0.3 is 5.97 Å². The highest BCUT2D eigenvalue weighted by molar-refractivity contribution is 6.74. The van der Waals surface area contributed by atoms with Crippen LogP contribution in [0.4, 0.5) is 0 Å². The number of ether oxygens (including phenoxy) is 1. The van der Waals surface area contributed by atoms with Gasteiger partial charge in [0.05, 0.1) is 19.1 Å². The summed E-state index contributed by atoms with van der Waals surface area (Å²) in [6, 6.07) is 9.67. The quantitative estimate of drug-likeness (QED) is 0.477. The molecule has 1 amide bonds. The fourth-order valence-electron chi connectivity index (χ4n) is 4.05. The van der Waals surface area contributed by atoms with Crippen LogP contribution in [0.3, 0.4) is 0 Å². The van der Waals surface area contributed by atoms with Crippen molar-refractivity contribution in [2.45, 2.75) is 70.8 Å². The molecule has 2 aromatic rings. The summed E-state index contributed by atoms with van der Waals surface area (Å²) in [5, 5.41) is 1.11. The molecule has 3 rings (SSSR count). The molecule has 2 unspecified atom stereocenters. The maximum Gasteiger partial charge on any atom is 0.307 e. The van der Waals surface area contributed by atoms with Gasteiger partial charge in [0, 0.05) is 30.5 Å². The highest BCUT2D eigenvalue weighted by Crippen LogP contribution is 2.39. The van der Waals surface area contributed by atoms with E-state index in [2.05, 4.69) is 33.9 Å². The Labute approximate surface area is 186 Å². The van der Waals surface area contributed by atoms with E-state index >= 15 is 0 Å². The fraction of sp³-hybridized carbons (Fsp3) is 0.583. The first kappa shape index (κ1) is 23.5. The summed E-state index contributed by atoms with van der Waals surface area (Å²) in [4.78, 5) is 27.7. The van der Waals surface area contributed by atoms with Crippen LogP contribution in [-0.4, -0.2) is 55.0 Å². The molecular weight excluding hydrogens is 408 g/mol. The highest BCUT2D eigenvalue weighted by Gasteiger charge is 2.44. The zero-order chi connectivity index (χ0) is 23.0. The first-order valence-electron chi connectivity index (χ1n) is 11.1. The molecule has 1 fully saturated rings. The Kier molecular flexibility index (Phi) is 6.67. The molecular formula is C24H36N2O4Si. The molecule has 1 aromatic carbocycles. The molecule has 2 atom stereocenters. The summed E-state index contributed by atoms with van der Waals surface area (Å²) >= 11 is 0. The lowest BCUT2D eigenvalue weighted by Crippen LogP contribution is -2.45. The summed E-state index contributed by atoms with van der Waals surface area (Å²) in [5.74, 6) is -0.329. The van der Waals surface area contributed by atoms with Crippen molar-refractivity contribution in [3.8, 4) is 0 Å². The maximum atomic E-state index is 13.6. The van der Waals surface area contributed by atoms with Gasteiger partial charge in [0.25, 0.3) is 5.91 Å². The van der Waals surface area contributed by atoms with Gasteiger partial charge in [-0.2, -0.15) is 0 Å². The summed E-state index contributed by atoms with van der Waals surface area (Å²) in [7, 11) is -0.0827. The molecule has 6 nitrogen and oxygen atoms in total. The summed E-state index contributed by atoms with van der Waals surface area (Å²) in [6.07, 6.45) is 0.779. The van der Waals surface area contributed by atoms with E-state index in [9.17, 15) is 9.59 Å². The number of hydrogen-bond acceptors (Lipinski definition) is 4. The largest absolute Gasteiger partial charge is 0.466 e. The Balaban J connectivity index is 1.87. The van der Waals surface area contributed by atoms with E-state index in [1.807, 2.05) is 46.8 Å². The number of carbonyl (C=O) groups excluding carboxylic acids is 2. The van der Waals surface area contributed by atoms with E-state index in [0.717, 1.165) is 10.9 Å². The Morgan fingerprint density at radius 2 is 1.87 bits per heavy atom. The number of amides is 1. The van der Waals surface area contributed by atoms with Crippen LogP contribution in [0.1, 0.15) is 51.0 Å². The highest BCUT2D eigenvalue weighted by atomic mass is 28.4. The number of fused-ring (bicyclic) bond motifs is 1. The number of rotatable bonds is 6. The Bertz CT molecular complexity index is 960. The Hall–Kier alpha value is -2.12. The molecule has 0 bridgehead atoms. The molecule has 7 heteroatoms. The van der Waals surface area contributed by atoms with E-state index in [4.69, 9.17) is 9.16 Å². The van der Waals surface area contributed by atoms with E-state index in [0.29, 0.717) is 25.3 Å². The number of benzene rings is 1. The minimum Gasteiger partial charge on any atom is -0.466 e. The number of nitrogens with zero attached hydrogens (tertiary/aromatic N) is 2. The van der Waals surface area contributed by atoms with Crippen molar-refractivity contribution in [1.29, 1.82) is 0 Å². The number of likely N-dealkylation sites (tertiary alicyclic amines) is 1. The van der Waals surface area contributed by atoms with Gasteiger partial charge in [-0.05, 0) is 43.6 Å². The number of carbonyl (C=O) groups is 2. The molecule has 1 aromatic heterocycles. The van der Waals surface area contributed by atoms with Gasteiger partial charge in [-0.1, -0.05) is 39.0 Å². The second-order valence-corrected chi connectivity index (χ2v) is 14.8. The first-order valence-corrected chi connectivity index (χ1v) is 14.0. The fourth-order valence-corrected chi connectivity index (χ4v) is 5.41. The zero-order valence-corrected chi connectivity index (χ0v) is 20.9. The molecule has 170 valence electrons. The molecule has 1 aliphatic rings. The minimum absolute atomic E-state index is 0.0608. The second-order valence-electron chi connectivity index (χ2n) is 10.0. The average molecular weight is 445 g/mol. The van der Waals surface area contributed by atoms with Crippen LogP contribution in [0.2, 0.25) is 18.1 Å². The van der Waals surface area contributed by atoms with E-state index < -0.39 is 8.32 Å². The van der Waals surface area contributed by atoms with Gasteiger partial charge in [0.2, 0.25) is 0 Å².